The molecule has 0 radical (unpaired) electrons. The number of nitrogens with one attached hydrogen (secondary N) is 3. The topological polar surface area (TPSA) is 116 Å². The molecule has 6 N–H and O–H groups in total. The van der Waals surface area contributed by atoms with E-state index in [0.717, 1.165) is 0 Å². The van der Waals surface area contributed by atoms with Crippen LogP contribution in [0.2, 0.25) is 0 Å². The Morgan fingerprint density at radius 1 is 1.73 bits per heavy atom. The molecule has 0 spiro atoms. The van der Waals surface area contributed by atoms with E-state index in [1.165, 1.54) is 0 Å². The second kappa shape index (κ2) is 5.45. The van der Waals surface area contributed by atoms with E-state index >= 15 is 0 Å². The molecule has 1 rings (SSSR count). The van der Waals surface area contributed by atoms with E-state index < -0.39 is 0 Å². The third kappa shape index (κ3) is 4.12. The standard InChI is InChI=1S/C3H8N4O.CH2O2/c4-1-2-5-3(8)7-6-2;2-1-3/h2,6H,1,4H2,(H2,5,7,8);1H,(H,2,3). The predicted octanol–water partition coefficient (Wildman–Crippen LogP) is -2.21. The van der Waals surface area contributed by atoms with Crippen molar-refractivity contribution in [3.63, 3.8) is 0 Å². The van der Waals surface area contributed by atoms with Gasteiger partial charge in [-0.05, 0) is 0 Å². The van der Waals surface area contributed by atoms with Gasteiger partial charge in [0.1, 0.15) is 6.17 Å². The van der Waals surface area contributed by atoms with Crippen LogP contribution in [0.3, 0.4) is 0 Å². The average molecular weight is 162 g/mol. The number of hydrogen-bond acceptors (Lipinski definition) is 4. The first kappa shape index (κ1) is 9.66. The van der Waals surface area contributed by atoms with Crippen LogP contribution >= 0.6 is 0 Å². The molecule has 1 atom stereocenters. The van der Waals surface area contributed by atoms with Crippen molar-refractivity contribution < 1.29 is 14.7 Å². The first-order chi connectivity index (χ1) is 5.24. The molecule has 7 heteroatoms. The Morgan fingerprint density at radius 2 is 2.27 bits per heavy atom. The van der Waals surface area contributed by atoms with Gasteiger partial charge in [-0.3, -0.25) is 10.2 Å². The molecule has 1 heterocycles. The molecular formula is C4H10N4O3. The van der Waals surface area contributed by atoms with Crippen molar-refractivity contribution in [2.75, 3.05) is 6.54 Å². The van der Waals surface area contributed by atoms with Gasteiger partial charge in [0.2, 0.25) is 0 Å². The van der Waals surface area contributed by atoms with Crippen LogP contribution < -0.4 is 21.9 Å². The SMILES string of the molecule is NCC1NNC(=O)N1.O=CO. The van der Waals surface area contributed by atoms with Gasteiger partial charge in [0.25, 0.3) is 6.47 Å². The Bertz CT molecular complexity index is 139. The Hall–Kier alpha value is -1.34. The first-order valence-electron chi connectivity index (χ1n) is 2.84. The summed E-state index contributed by atoms with van der Waals surface area (Å²) in [5.41, 5.74) is 10.1. The maximum atomic E-state index is 10.3. The lowest BCUT2D eigenvalue weighted by molar-refractivity contribution is -0.122. The number of amides is 2. The summed E-state index contributed by atoms with van der Waals surface area (Å²) in [5, 5.41) is 9.41. The van der Waals surface area contributed by atoms with Crippen LogP contribution in [0, 0.1) is 0 Å². The fourth-order valence-corrected chi connectivity index (χ4v) is 0.501. The van der Waals surface area contributed by atoms with E-state index in [1.807, 2.05) is 0 Å². The zero-order valence-corrected chi connectivity index (χ0v) is 5.70. The second-order valence-corrected chi connectivity index (χ2v) is 1.64. The zero-order valence-electron chi connectivity index (χ0n) is 5.70. The molecule has 1 unspecified atom stereocenters. The Balaban J connectivity index is 0.000000292. The van der Waals surface area contributed by atoms with E-state index in [0.29, 0.717) is 6.54 Å². The van der Waals surface area contributed by atoms with Gasteiger partial charge in [0.05, 0.1) is 0 Å². The molecule has 1 aliphatic heterocycles. The summed E-state index contributed by atoms with van der Waals surface area (Å²) in [5.74, 6) is 0. The van der Waals surface area contributed by atoms with Crippen molar-refractivity contribution in [2.45, 2.75) is 6.17 Å². The van der Waals surface area contributed by atoms with Crippen LogP contribution in [0.5, 0.6) is 0 Å². The molecule has 0 aliphatic carbocycles. The summed E-state index contributed by atoms with van der Waals surface area (Å²) >= 11 is 0. The van der Waals surface area contributed by atoms with Gasteiger partial charge in [0.15, 0.2) is 0 Å². The maximum absolute atomic E-state index is 10.3. The van der Waals surface area contributed by atoms with Crippen molar-refractivity contribution in [2.24, 2.45) is 5.73 Å². The molecule has 1 aliphatic rings. The van der Waals surface area contributed by atoms with Crippen molar-refractivity contribution in [3.05, 3.63) is 0 Å². The highest BCUT2D eigenvalue weighted by molar-refractivity contribution is 5.75. The molecule has 0 saturated carbocycles. The molecule has 0 aromatic heterocycles. The maximum Gasteiger partial charge on any atom is 0.330 e. The van der Waals surface area contributed by atoms with Crippen LogP contribution in [0.4, 0.5) is 4.79 Å². The van der Waals surface area contributed by atoms with Gasteiger partial charge in [-0.15, -0.1) is 0 Å². The third-order valence-corrected chi connectivity index (χ3v) is 0.901. The molecule has 11 heavy (non-hydrogen) atoms. The summed E-state index contributed by atoms with van der Waals surface area (Å²) < 4.78 is 0. The minimum absolute atomic E-state index is 0.109. The lowest BCUT2D eigenvalue weighted by atomic mass is 10.5. The van der Waals surface area contributed by atoms with Crippen LogP contribution in [0.15, 0.2) is 0 Å². The van der Waals surface area contributed by atoms with Gasteiger partial charge in [-0.2, -0.15) is 0 Å². The Labute approximate surface area is 62.9 Å². The predicted molar refractivity (Wildman–Crippen MR) is 36.3 cm³/mol. The van der Waals surface area contributed by atoms with Crippen LogP contribution in [0.1, 0.15) is 0 Å². The highest BCUT2D eigenvalue weighted by Gasteiger charge is 2.15. The number of carboxylic acid groups (broad SMARTS) is 1. The number of hydrazine groups is 1. The summed E-state index contributed by atoms with van der Waals surface area (Å²) in [6, 6.07) is -0.222. The molecule has 7 nitrogen and oxygen atoms in total. The van der Waals surface area contributed by atoms with E-state index in [1.54, 1.807) is 0 Å². The van der Waals surface area contributed by atoms with E-state index in [2.05, 4.69) is 16.2 Å². The van der Waals surface area contributed by atoms with Crippen LogP contribution in [-0.4, -0.2) is 30.3 Å². The second-order valence-electron chi connectivity index (χ2n) is 1.64. The minimum Gasteiger partial charge on any atom is -0.483 e. The van der Waals surface area contributed by atoms with Crippen LogP contribution in [-0.2, 0) is 4.79 Å². The molecule has 0 aromatic carbocycles. The molecule has 1 saturated heterocycles. The Kier molecular flexibility index (Phi) is 4.78. The highest BCUT2D eigenvalue weighted by atomic mass is 16.3. The summed E-state index contributed by atoms with van der Waals surface area (Å²) in [4.78, 5) is 18.6. The lowest BCUT2D eigenvalue weighted by Gasteiger charge is -2.01. The highest BCUT2D eigenvalue weighted by Crippen LogP contribution is 1.77. The van der Waals surface area contributed by atoms with Crippen molar-refractivity contribution >= 4 is 12.5 Å². The monoisotopic (exact) mass is 162 g/mol. The molecule has 2 amide bonds. The number of hydrogen-bond donors (Lipinski definition) is 5. The van der Waals surface area contributed by atoms with Crippen molar-refractivity contribution in [3.8, 4) is 0 Å². The number of urea groups is 1. The van der Waals surface area contributed by atoms with Gasteiger partial charge in [-0.1, -0.05) is 0 Å². The normalized spacial score (nSPS) is 20.8. The minimum atomic E-state index is -0.250. The zero-order chi connectivity index (χ0) is 8.69. The molecule has 0 bridgehead atoms. The van der Waals surface area contributed by atoms with Gasteiger partial charge in [0, 0.05) is 6.54 Å². The van der Waals surface area contributed by atoms with Crippen molar-refractivity contribution in [1.82, 2.24) is 16.2 Å². The lowest BCUT2D eigenvalue weighted by Crippen LogP contribution is -2.40. The number of carbonyl (C=O) groups is 2. The quantitative estimate of drug-likeness (QED) is 0.280. The van der Waals surface area contributed by atoms with Crippen molar-refractivity contribution in [1.29, 1.82) is 0 Å². The first-order valence-corrected chi connectivity index (χ1v) is 2.84. The smallest absolute Gasteiger partial charge is 0.330 e. The number of carbonyl (C=O) groups excluding carboxylic acids is 1. The van der Waals surface area contributed by atoms with E-state index in [9.17, 15) is 4.79 Å². The summed E-state index contributed by atoms with van der Waals surface area (Å²) in [7, 11) is 0. The third-order valence-electron chi connectivity index (χ3n) is 0.901. The fourth-order valence-electron chi connectivity index (χ4n) is 0.501. The Morgan fingerprint density at radius 3 is 2.45 bits per heavy atom. The molecule has 1 fully saturated rings. The average Bonchev–Trinajstić information content (AvgIpc) is 2.37. The van der Waals surface area contributed by atoms with Gasteiger partial charge in [-0.25, -0.2) is 10.2 Å². The molecular weight excluding hydrogens is 152 g/mol. The summed E-state index contributed by atoms with van der Waals surface area (Å²) in [6.07, 6.45) is -0.109. The summed E-state index contributed by atoms with van der Waals surface area (Å²) in [6.45, 7) is 0.152. The van der Waals surface area contributed by atoms with E-state index in [-0.39, 0.29) is 18.7 Å². The number of rotatable bonds is 1. The molecule has 0 aromatic rings. The fraction of sp³-hybridized carbons (Fsp3) is 0.500. The van der Waals surface area contributed by atoms with Crippen LogP contribution in [0.25, 0.3) is 0 Å². The van der Waals surface area contributed by atoms with E-state index in [4.69, 9.17) is 15.6 Å². The molecule has 64 valence electrons. The number of nitrogens with two attached hydrogens (primary N) is 1. The van der Waals surface area contributed by atoms with Gasteiger partial charge >= 0.3 is 6.03 Å². The van der Waals surface area contributed by atoms with Gasteiger partial charge < -0.3 is 16.2 Å². The largest absolute Gasteiger partial charge is 0.483 e.